The van der Waals surface area contributed by atoms with Crippen LogP contribution in [0.2, 0.25) is 0 Å². The van der Waals surface area contributed by atoms with Gasteiger partial charge in [-0.3, -0.25) is 10.8 Å². The zero-order valence-corrected chi connectivity index (χ0v) is 8.83. The number of nitrogen functional groups attached to an aromatic ring is 1. The van der Waals surface area contributed by atoms with Crippen LogP contribution in [0.3, 0.4) is 0 Å². The maximum atomic E-state index is 5.32. The van der Waals surface area contributed by atoms with Gasteiger partial charge in [-0.15, -0.1) is 0 Å². The van der Waals surface area contributed by atoms with Crippen LogP contribution >= 0.6 is 0 Å². The SMILES string of the molecule is CCCN(C)Cc1cc(NN)ccn1. The predicted molar refractivity (Wildman–Crippen MR) is 58.7 cm³/mol. The number of aromatic nitrogens is 1. The summed E-state index contributed by atoms with van der Waals surface area (Å²) in [7, 11) is 2.09. The van der Waals surface area contributed by atoms with Crippen LogP contribution in [-0.2, 0) is 6.54 Å². The van der Waals surface area contributed by atoms with Gasteiger partial charge >= 0.3 is 0 Å². The summed E-state index contributed by atoms with van der Waals surface area (Å²) in [5, 5.41) is 0. The Morgan fingerprint density at radius 2 is 2.36 bits per heavy atom. The minimum atomic E-state index is 0.864. The average Bonchev–Trinajstić information content (AvgIpc) is 2.18. The minimum absolute atomic E-state index is 0.864. The molecule has 14 heavy (non-hydrogen) atoms. The van der Waals surface area contributed by atoms with Gasteiger partial charge in [-0.2, -0.15) is 0 Å². The summed E-state index contributed by atoms with van der Waals surface area (Å²) in [5.41, 5.74) is 4.56. The smallest absolute Gasteiger partial charge is 0.0564 e. The first-order chi connectivity index (χ1) is 6.76. The fourth-order valence-electron chi connectivity index (χ4n) is 1.39. The van der Waals surface area contributed by atoms with E-state index < -0.39 is 0 Å². The molecule has 1 rings (SSSR count). The van der Waals surface area contributed by atoms with Gasteiger partial charge in [0.05, 0.1) is 11.4 Å². The maximum absolute atomic E-state index is 5.32. The third-order valence-electron chi connectivity index (χ3n) is 2.02. The molecule has 0 aliphatic heterocycles. The van der Waals surface area contributed by atoms with E-state index in [1.54, 1.807) is 6.20 Å². The van der Waals surface area contributed by atoms with Crippen LogP contribution in [0, 0.1) is 0 Å². The molecule has 0 aliphatic rings. The molecule has 0 fully saturated rings. The Hall–Kier alpha value is -1.13. The molecule has 0 spiro atoms. The summed E-state index contributed by atoms with van der Waals surface area (Å²) >= 11 is 0. The largest absolute Gasteiger partial charge is 0.324 e. The standard InChI is InChI=1S/C10H18N4/c1-3-6-14(2)8-10-7-9(13-11)4-5-12-10/h4-5,7H,3,6,8,11H2,1-2H3,(H,12,13). The molecule has 78 valence electrons. The number of hydrogen-bond acceptors (Lipinski definition) is 4. The highest BCUT2D eigenvalue weighted by Gasteiger charge is 2.00. The monoisotopic (exact) mass is 194 g/mol. The van der Waals surface area contributed by atoms with Crippen molar-refractivity contribution in [1.82, 2.24) is 9.88 Å². The van der Waals surface area contributed by atoms with Crippen LogP contribution < -0.4 is 11.3 Å². The van der Waals surface area contributed by atoms with E-state index in [1.807, 2.05) is 12.1 Å². The third kappa shape index (κ3) is 3.32. The lowest BCUT2D eigenvalue weighted by Crippen LogP contribution is -2.19. The van der Waals surface area contributed by atoms with Crippen molar-refractivity contribution in [3.8, 4) is 0 Å². The van der Waals surface area contributed by atoms with E-state index in [1.165, 1.54) is 0 Å². The fraction of sp³-hybridized carbons (Fsp3) is 0.500. The molecule has 0 saturated heterocycles. The van der Waals surface area contributed by atoms with Crippen LogP contribution in [0.4, 0.5) is 5.69 Å². The summed E-state index contributed by atoms with van der Waals surface area (Å²) in [6.45, 7) is 4.12. The minimum Gasteiger partial charge on any atom is -0.324 e. The van der Waals surface area contributed by atoms with E-state index >= 15 is 0 Å². The molecule has 0 unspecified atom stereocenters. The molecular formula is C10H18N4. The molecule has 0 aliphatic carbocycles. The van der Waals surface area contributed by atoms with Gasteiger partial charge in [0.15, 0.2) is 0 Å². The highest BCUT2D eigenvalue weighted by atomic mass is 15.2. The van der Waals surface area contributed by atoms with Crippen LogP contribution in [0.1, 0.15) is 19.0 Å². The van der Waals surface area contributed by atoms with Gasteiger partial charge in [-0.05, 0) is 32.1 Å². The molecule has 1 aromatic rings. The van der Waals surface area contributed by atoms with Gasteiger partial charge < -0.3 is 10.3 Å². The van der Waals surface area contributed by atoms with Crippen molar-refractivity contribution in [1.29, 1.82) is 0 Å². The Morgan fingerprint density at radius 1 is 1.57 bits per heavy atom. The average molecular weight is 194 g/mol. The molecule has 4 nitrogen and oxygen atoms in total. The second kappa shape index (κ2) is 5.57. The van der Waals surface area contributed by atoms with E-state index in [4.69, 9.17) is 5.84 Å². The van der Waals surface area contributed by atoms with Crippen molar-refractivity contribution in [2.45, 2.75) is 19.9 Å². The van der Waals surface area contributed by atoms with Crippen molar-refractivity contribution < 1.29 is 0 Å². The number of hydrogen-bond donors (Lipinski definition) is 2. The van der Waals surface area contributed by atoms with Crippen molar-refractivity contribution in [2.75, 3.05) is 19.0 Å². The second-order valence-corrected chi connectivity index (χ2v) is 3.42. The van der Waals surface area contributed by atoms with E-state index in [2.05, 4.69) is 29.3 Å². The Balaban J connectivity index is 2.57. The second-order valence-electron chi connectivity index (χ2n) is 3.42. The molecule has 0 atom stereocenters. The molecule has 0 radical (unpaired) electrons. The topological polar surface area (TPSA) is 54.2 Å². The Labute approximate surface area is 85.1 Å². The first kappa shape index (κ1) is 10.9. The molecule has 3 N–H and O–H groups in total. The van der Waals surface area contributed by atoms with Gasteiger partial charge in [0, 0.05) is 12.7 Å². The number of anilines is 1. The lowest BCUT2D eigenvalue weighted by Gasteiger charge is -2.14. The first-order valence-electron chi connectivity index (χ1n) is 4.86. The van der Waals surface area contributed by atoms with Crippen molar-refractivity contribution >= 4 is 5.69 Å². The quantitative estimate of drug-likeness (QED) is 0.546. The molecule has 0 bridgehead atoms. The van der Waals surface area contributed by atoms with Crippen molar-refractivity contribution in [2.24, 2.45) is 5.84 Å². The van der Waals surface area contributed by atoms with Gasteiger partial charge in [-0.1, -0.05) is 6.92 Å². The van der Waals surface area contributed by atoms with E-state index in [-0.39, 0.29) is 0 Å². The number of nitrogens with zero attached hydrogens (tertiary/aromatic N) is 2. The number of pyridine rings is 1. The molecule has 0 saturated carbocycles. The van der Waals surface area contributed by atoms with Crippen LogP contribution in [0.15, 0.2) is 18.3 Å². The van der Waals surface area contributed by atoms with Gasteiger partial charge in [0.1, 0.15) is 0 Å². The fourth-order valence-corrected chi connectivity index (χ4v) is 1.39. The van der Waals surface area contributed by atoms with Gasteiger partial charge in [0.25, 0.3) is 0 Å². The number of rotatable bonds is 5. The lowest BCUT2D eigenvalue weighted by molar-refractivity contribution is 0.323. The molecule has 1 aromatic heterocycles. The molecular weight excluding hydrogens is 176 g/mol. The van der Waals surface area contributed by atoms with E-state index in [0.29, 0.717) is 0 Å². The van der Waals surface area contributed by atoms with Crippen LogP contribution in [0.25, 0.3) is 0 Å². The van der Waals surface area contributed by atoms with Crippen LogP contribution in [-0.4, -0.2) is 23.5 Å². The maximum Gasteiger partial charge on any atom is 0.0564 e. The molecule has 0 amide bonds. The summed E-state index contributed by atoms with van der Waals surface area (Å²) in [6, 6.07) is 3.81. The molecule has 4 heteroatoms. The summed E-state index contributed by atoms with van der Waals surface area (Å²) in [5.74, 6) is 5.32. The van der Waals surface area contributed by atoms with Gasteiger partial charge in [0.2, 0.25) is 0 Å². The first-order valence-corrected chi connectivity index (χ1v) is 4.86. The van der Waals surface area contributed by atoms with Crippen LogP contribution in [0.5, 0.6) is 0 Å². The number of nitrogens with two attached hydrogens (primary N) is 1. The Bertz CT molecular complexity index is 275. The number of hydrazine groups is 1. The summed E-state index contributed by atoms with van der Waals surface area (Å²) < 4.78 is 0. The van der Waals surface area contributed by atoms with Crippen molar-refractivity contribution in [3.05, 3.63) is 24.0 Å². The highest BCUT2D eigenvalue weighted by Crippen LogP contribution is 2.07. The van der Waals surface area contributed by atoms with Crippen molar-refractivity contribution in [3.63, 3.8) is 0 Å². The number of nitrogens with one attached hydrogen (secondary N) is 1. The predicted octanol–water partition coefficient (Wildman–Crippen LogP) is 1.21. The third-order valence-corrected chi connectivity index (χ3v) is 2.02. The lowest BCUT2D eigenvalue weighted by atomic mass is 10.3. The molecule has 1 heterocycles. The van der Waals surface area contributed by atoms with E-state index in [9.17, 15) is 0 Å². The highest BCUT2D eigenvalue weighted by molar-refractivity contribution is 5.41. The summed E-state index contributed by atoms with van der Waals surface area (Å²) in [6.07, 6.45) is 2.93. The normalized spacial score (nSPS) is 10.6. The summed E-state index contributed by atoms with van der Waals surface area (Å²) in [4.78, 5) is 6.51. The van der Waals surface area contributed by atoms with E-state index in [0.717, 1.165) is 30.9 Å². The molecule has 0 aromatic carbocycles. The van der Waals surface area contributed by atoms with Gasteiger partial charge in [-0.25, -0.2) is 0 Å². The Kier molecular flexibility index (Phi) is 4.35. The Morgan fingerprint density at radius 3 is 3.00 bits per heavy atom. The zero-order valence-electron chi connectivity index (χ0n) is 8.83. The zero-order chi connectivity index (χ0) is 10.4.